The summed E-state index contributed by atoms with van der Waals surface area (Å²) in [5.74, 6) is -0.152. The average Bonchev–Trinajstić information content (AvgIpc) is 2.44. The van der Waals surface area contributed by atoms with E-state index in [-0.39, 0.29) is 5.91 Å². The van der Waals surface area contributed by atoms with Gasteiger partial charge >= 0.3 is 0 Å². The first kappa shape index (κ1) is 16.1. The van der Waals surface area contributed by atoms with Gasteiger partial charge in [0.2, 0.25) is 0 Å². The fourth-order valence-electron chi connectivity index (χ4n) is 1.81. The first-order valence-corrected chi connectivity index (χ1v) is 7.79. The number of anilines is 1. The van der Waals surface area contributed by atoms with Gasteiger partial charge in [-0.15, -0.1) is 0 Å². The Hall–Kier alpha value is -1.23. The molecule has 0 heterocycles. The Morgan fingerprint density at radius 2 is 1.95 bits per heavy atom. The third kappa shape index (κ3) is 4.37. The van der Waals surface area contributed by atoms with E-state index in [2.05, 4.69) is 21.2 Å². The molecule has 0 fully saturated rings. The molecule has 0 aliphatic heterocycles. The fourth-order valence-corrected chi connectivity index (χ4v) is 2.69. The zero-order valence-electron chi connectivity index (χ0n) is 11.0. The van der Waals surface area contributed by atoms with Crippen molar-refractivity contribution in [2.24, 2.45) is 0 Å². The molecule has 6 heteroatoms. The topological polar surface area (TPSA) is 55.1 Å². The highest BCUT2D eigenvalue weighted by molar-refractivity contribution is 9.10. The van der Waals surface area contributed by atoms with Gasteiger partial charge in [0.05, 0.1) is 0 Å². The number of carbonyl (C=O) groups excluding carboxylic acids is 1. The summed E-state index contributed by atoms with van der Waals surface area (Å²) in [5, 5.41) is 4.04. The van der Waals surface area contributed by atoms with Crippen LogP contribution in [0, 0.1) is 0 Å². The Labute approximate surface area is 141 Å². The minimum atomic E-state index is -0.152. The van der Waals surface area contributed by atoms with Crippen molar-refractivity contribution in [3.8, 4) is 0 Å². The number of nitrogen functional groups attached to an aromatic ring is 1. The van der Waals surface area contributed by atoms with Crippen LogP contribution in [0.25, 0.3) is 0 Å². The van der Waals surface area contributed by atoms with E-state index in [4.69, 9.17) is 28.9 Å². The van der Waals surface area contributed by atoms with Crippen molar-refractivity contribution < 1.29 is 4.79 Å². The van der Waals surface area contributed by atoms with Gasteiger partial charge in [0.1, 0.15) is 0 Å². The van der Waals surface area contributed by atoms with Gasteiger partial charge in [0, 0.05) is 32.3 Å². The number of rotatable bonds is 4. The molecule has 0 spiro atoms. The van der Waals surface area contributed by atoms with E-state index in [9.17, 15) is 4.79 Å². The van der Waals surface area contributed by atoms with Crippen LogP contribution in [0.1, 0.15) is 15.9 Å². The molecule has 2 aromatic rings. The van der Waals surface area contributed by atoms with E-state index >= 15 is 0 Å². The molecular formula is C15H13BrCl2N2O. The number of nitrogens with two attached hydrogens (primary N) is 1. The first-order chi connectivity index (χ1) is 9.97. The van der Waals surface area contributed by atoms with Crippen LogP contribution in [0.2, 0.25) is 10.0 Å². The van der Waals surface area contributed by atoms with Crippen molar-refractivity contribution >= 4 is 50.7 Å². The quantitative estimate of drug-likeness (QED) is 0.768. The summed E-state index contributed by atoms with van der Waals surface area (Å²) < 4.78 is 0.705. The molecule has 0 unspecified atom stereocenters. The van der Waals surface area contributed by atoms with Crippen LogP contribution in [0.4, 0.5) is 5.69 Å². The molecular weight excluding hydrogens is 375 g/mol. The van der Waals surface area contributed by atoms with Gasteiger partial charge in [-0.2, -0.15) is 0 Å². The lowest BCUT2D eigenvalue weighted by atomic mass is 10.1. The standard InChI is InChI=1S/C15H13BrCl2N2O/c16-12-7-10(2-4-14(12)19)15(21)20-6-5-9-1-3-11(17)8-13(9)18/h1-4,7-8H,5-6,19H2,(H,20,21). The van der Waals surface area contributed by atoms with Gasteiger partial charge in [-0.05, 0) is 58.2 Å². The van der Waals surface area contributed by atoms with Gasteiger partial charge < -0.3 is 11.1 Å². The number of carbonyl (C=O) groups is 1. The van der Waals surface area contributed by atoms with Gasteiger partial charge in [0.15, 0.2) is 0 Å². The highest BCUT2D eigenvalue weighted by Crippen LogP contribution is 2.22. The van der Waals surface area contributed by atoms with Crippen LogP contribution in [-0.2, 0) is 6.42 Å². The first-order valence-electron chi connectivity index (χ1n) is 6.24. The van der Waals surface area contributed by atoms with Crippen LogP contribution in [-0.4, -0.2) is 12.5 Å². The van der Waals surface area contributed by atoms with E-state index in [1.165, 1.54) is 0 Å². The smallest absolute Gasteiger partial charge is 0.251 e. The van der Waals surface area contributed by atoms with Gasteiger partial charge in [0.25, 0.3) is 5.91 Å². The summed E-state index contributed by atoms with van der Waals surface area (Å²) in [6.07, 6.45) is 0.637. The Morgan fingerprint density at radius 1 is 1.19 bits per heavy atom. The third-order valence-corrected chi connectivity index (χ3v) is 4.23. The maximum Gasteiger partial charge on any atom is 0.251 e. The molecule has 0 aromatic heterocycles. The van der Waals surface area contributed by atoms with Crippen molar-refractivity contribution in [3.63, 3.8) is 0 Å². The molecule has 0 bridgehead atoms. The molecule has 0 saturated carbocycles. The van der Waals surface area contributed by atoms with Gasteiger partial charge in [-0.3, -0.25) is 4.79 Å². The molecule has 21 heavy (non-hydrogen) atoms. The monoisotopic (exact) mass is 386 g/mol. The number of hydrogen-bond donors (Lipinski definition) is 2. The predicted octanol–water partition coefficient (Wildman–Crippen LogP) is 4.31. The Kier molecular flexibility index (Phi) is 5.51. The number of amides is 1. The van der Waals surface area contributed by atoms with E-state index in [1.54, 1.807) is 30.3 Å². The van der Waals surface area contributed by atoms with E-state index in [0.717, 1.165) is 5.56 Å². The average molecular weight is 388 g/mol. The highest BCUT2D eigenvalue weighted by atomic mass is 79.9. The zero-order valence-corrected chi connectivity index (χ0v) is 14.1. The number of nitrogens with one attached hydrogen (secondary N) is 1. The molecule has 0 radical (unpaired) electrons. The third-order valence-electron chi connectivity index (χ3n) is 2.96. The normalized spacial score (nSPS) is 10.4. The van der Waals surface area contributed by atoms with E-state index < -0.39 is 0 Å². The molecule has 0 aliphatic rings. The molecule has 110 valence electrons. The SMILES string of the molecule is Nc1ccc(C(=O)NCCc2ccc(Cl)cc2Cl)cc1Br. The van der Waals surface area contributed by atoms with E-state index in [1.807, 2.05) is 6.07 Å². The maximum atomic E-state index is 12.0. The summed E-state index contributed by atoms with van der Waals surface area (Å²) in [6.45, 7) is 0.488. The Balaban J connectivity index is 1.93. The van der Waals surface area contributed by atoms with Gasteiger partial charge in [-0.25, -0.2) is 0 Å². The van der Waals surface area contributed by atoms with E-state index in [0.29, 0.717) is 38.7 Å². The zero-order chi connectivity index (χ0) is 15.4. The molecule has 3 N–H and O–H groups in total. The van der Waals surface area contributed by atoms with Gasteiger partial charge in [-0.1, -0.05) is 29.3 Å². The molecule has 3 nitrogen and oxygen atoms in total. The summed E-state index contributed by atoms with van der Waals surface area (Å²) in [4.78, 5) is 12.0. The van der Waals surface area contributed by atoms with Crippen LogP contribution in [0.15, 0.2) is 40.9 Å². The van der Waals surface area contributed by atoms with Crippen LogP contribution in [0.5, 0.6) is 0 Å². The van der Waals surface area contributed by atoms with Crippen molar-refractivity contribution in [1.29, 1.82) is 0 Å². The fraction of sp³-hybridized carbons (Fsp3) is 0.133. The lowest BCUT2D eigenvalue weighted by Gasteiger charge is -2.08. The minimum Gasteiger partial charge on any atom is -0.398 e. The Bertz CT molecular complexity index is 677. The number of halogens is 3. The molecule has 2 aromatic carbocycles. The second-order valence-corrected chi connectivity index (χ2v) is 6.18. The summed E-state index contributed by atoms with van der Waals surface area (Å²) >= 11 is 15.2. The molecule has 1 amide bonds. The molecule has 0 saturated heterocycles. The summed E-state index contributed by atoms with van der Waals surface area (Å²) in [5.41, 5.74) is 7.78. The van der Waals surface area contributed by atoms with Crippen molar-refractivity contribution in [1.82, 2.24) is 5.32 Å². The lowest BCUT2D eigenvalue weighted by molar-refractivity contribution is 0.0954. The lowest BCUT2D eigenvalue weighted by Crippen LogP contribution is -2.25. The highest BCUT2D eigenvalue weighted by Gasteiger charge is 2.08. The summed E-state index contributed by atoms with van der Waals surface area (Å²) in [7, 11) is 0. The second-order valence-electron chi connectivity index (χ2n) is 4.48. The Morgan fingerprint density at radius 3 is 2.62 bits per heavy atom. The molecule has 0 aliphatic carbocycles. The number of benzene rings is 2. The van der Waals surface area contributed by atoms with Crippen LogP contribution >= 0.6 is 39.1 Å². The van der Waals surface area contributed by atoms with Crippen LogP contribution < -0.4 is 11.1 Å². The second kappa shape index (κ2) is 7.16. The predicted molar refractivity (Wildman–Crippen MR) is 91.1 cm³/mol. The van der Waals surface area contributed by atoms with Crippen LogP contribution in [0.3, 0.4) is 0 Å². The van der Waals surface area contributed by atoms with Crippen molar-refractivity contribution in [3.05, 3.63) is 62.0 Å². The largest absolute Gasteiger partial charge is 0.398 e. The molecule has 2 rings (SSSR count). The van der Waals surface area contributed by atoms with Crippen molar-refractivity contribution in [2.75, 3.05) is 12.3 Å². The molecule has 0 atom stereocenters. The summed E-state index contributed by atoms with van der Waals surface area (Å²) in [6, 6.07) is 10.4. The van der Waals surface area contributed by atoms with Crippen molar-refractivity contribution in [2.45, 2.75) is 6.42 Å². The number of hydrogen-bond acceptors (Lipinski definition) is 2. The maximum absolute atomic E-state index is 12.0. The minimum absolute atomic E-state index is 0.152.